The maximum Gasteiger partial charge on any atom is 0.228 e. The highest BCUT2D eigenvalue weighted by molar-refractivity contribution is 7.99. The molecule has 1 amide bonds. The lowest BCUT2D eigenvalue weighted by Gasteiger charge is -2.20. The van der Waals surface area contributed by atoms with E-state index in [1.54, 1.807) is 18.2 Å². The molecule has 1 aliphatic rings. The van der Waals surface area contributed by atoms with E-state index >= 15 is 0 Å². The summed E-state index contributed by atoms with van der Waals surface area (Å²) in [4.78, 5) is 23.3. The van der Waals surface area contributed by atoms with Crippen LogP contribution in [0, 0.1) is 5.92 Å². The van der Waals surface area contributed by atoms with E-state index in [1.165, 1.54) is 6.92 Å². The number of thioether (sulfide) groups is 1. The zero-order chi connectivity index (χ0) is 13.0. The first-order valence-corrected chi connectivity index (χ1v) is 7.32. The summed E-state index contributed by atoms with van der Waals surface area (Å²) in [5, 5.41) is 2.90. The van der Waals surface area contributed by atoms with Gasteiger partial charge in [-0.25, -0.2) is 0 Å². The molecule has 4 heteroatoms. The average molecular weight is 263 g/mol. The van der Waals surface area contributed by atoms with Gasteiger partial charge in [-0.1, -0.05) is 12.1 Å². The molecule has 3 nitrogen and oxygen atoms in total. The normalized spacial score (nSPS) is 19.3. The van der Waals surface area contributed by atoms with Crippen molar-refractivity contribution < 1.29 is 9.59 Å². The Hall–Kier alpha value is -1.29. The third-order valence-electron chi connectivity index (χ3n) is 3.07. The van der Waals surface area contributed by atoms with E-state index in [4.69, 9.17) is 0 Å². The standard InChI is InChI=1S/C14H17NO2S/c1-10(16)11-4-2-6-13(8-11)15-14(17)12-5-3-7-18-9-12/h2,4,6,8,12H,3,5,7,9H2,1H3,(H,15,17). The van der Waals surface area contributed by atoms with Crippen LogP contribution in [0.4, 0.5) is 5.69 Å². The van der Waals surface area contributed by atoms with Gasteiger partial charge in [-0.2, -0.15) is 11.8 Å². The van der Waals surface area contributed by atoms with Gasteiger partial charge in [0.2, 0.25) is 5.91 Å². The number of Topliss-reactive ketones (excluding diaryl/α,β-unsaturated/α-hetero) is 1. The molecule has 0 bridgehead atoms. The number of hydrogen-bond acceptors (Lipinski definition) is 3. The molecule has 1 aliphatic heterocycles. The molecule has 1 aromatic carbocycles. The fraction of sp³-hybridized carbons (Fsp3) is 0.429. The zero-order valence-corrected chi connectivity index (χ0v) is 11.3. The zero-order valence-electron chi connectivity index (χ0n) is 10.4. The Morgan fingerprint density at radius 3 is 2.89 bits per heavy atom. The Morgan fingerprint density at radius 1 is 1.39 bits per heavy atom. The van der Waals surface area contributed by atoms with E-state index in [0.717, 1.165) is 24.3 Å². The van der Waals surface area contributed by atoms with Crippen molar-refractivity contribution in [3.63, 3.8) is 0 Å². The fourth-order valence-electron chi connectivity index (χ4n) is 2.01. The second kappa shape index (κ2) is 6.05. The van der Waals surface area contributed by atoms with Gasteiger partial charge < -0.3 is 5.32 Å². The van der Waals surface area contributed by atoms with Gasteiger partial charge in [0.25, 0.3) is 0 Å². The predicted molar refractivity (Wildman–Crippen MR) is 75.1 cm³/mol. The number of carbonyl (C=O) groups excluding carboxylic acids is 2. The van der Waals surface area contributed by atoms with Crippen LogP contribution < -0.4 is 5.32 Å². The van der Waals surface area contributed by atoms with Crippen molar-refractivity contribution in [1.82, 2.24) is 0 Å². The monoisotopic (exact) mass is 263 g/mol. The number of nitrogens with one attached hydrogen (secondary N) is 1. The quantitative estimate of drug-likeness (QED) is 0.853. The molecule has 1 atom stereocenters. The van der Waals surface area contributed by atoms with Crippen molar-refractivity contribution in [2.24, 2.45) is 5.92 Å². The summed E-state index contributed by atoms with van der Waals surface area (Å²) in [6.07, 6.45) is 2.07. The van der Waals surface area contributed by atoms with E-state index in [1.807, 2.05) is 17.8 Å². The van der Waals surface area contributed by atoms with Crippen molar-refractivity contribution in [1.29, 1.82) is 0 Å². The van der Waals surface area contributed by atoms with Gasteiger partial charge in [0.1, 0.15) is 0 Å². The molecule has 96 valence electrons. The number of hydrogen-bond donors (Lipinski definition) is 1. The molecular formula is C14H17NO2S. The molecular weight excluding hydrogens is 246 g/mol. The summed E-state index contributed by atoms with van der Waals surface area (Å²) in [6, 6.07) is 7.10. The largest absolute Gasteiger partial charge is 0.326 e. The lowest BCUT2D eigenvalue weighted by Crippen LogP contribution is -2.27. The Bertz CT molecular complexity index is 453. The number of benzene rings is 1. The fourth-order valence-corrected chi connectivity index (χ4v) is 3.15. The molecule has 1 unspecified atom stereocenters. The lowest BCUT2D eigenvalue weighted by molar-refractivity contribution is -0.119. The van der Waals surface area contributed by atoms with Gasteiger partial charge in [0.15, 0.2) is 5.78 Å². The second-order valence-electron chi connectivity index (χ2n) is 4.54. The number of anilines is 1. The molecule has 0 saturated carbocycles. The Morgan fingerprint density at radius 2 is 2.22 bits per heavy atom. The van der Waals surface area contributed by atoms with E-state index in [0.29, 0.717) is 11.3 Å². The SMILES string of the molecule is CC(=O)c1cccc(NC(=O)C2CCCSC2)c1. The molecule has 1 saturated heterocycles. The third kappa shape index (κ3) is 3.35. The number of ketones is 1. The van der Waals surface area contributed by atoms with Crippen LogP contribution in [0.3, 0.4) is 0 Å². The predicted octanol–water partition coefficient (Wildman–Crippen LogP) is 2.97. The van der Waals surface area contributed by atoms with Crippen molar-refractivity contribution in [2.45, 2.75) is 19.8 Å². The Balaban J connectivity index is 2.02. The topological polar surface area (TPSA) is 46.2 Å². The van der Waals surface area contributed by atoms with Crippen LogP contribution in [-0.4, -0.2) is 23.2 Å². The molecule has 2 rings (SSSR count). The van der Waals surface area contributed by atoms with Crippen LogP contribution in [0.1, 0.15) is 30.1 Å². The molecule has 1 aromatic rings. The minimum absolute atomic E-state index is 0.0133. The minimum atomic E-state index is 0.0133. The molecule has 0 aliphatic carbocycles. The minimum Gasteiger partial charge on any atom is -0.326 e. The van der Waals surface area contributed by atoms with Crippen LogP contribution in [-0.2, 0) is 4.79 Å². The molecule has 1 fully saturated rings. The van der Waals surface area contributed by atoms with Crippen molar-refractivity contribution >= 4 is 29.1 Å². The van der Waals surface area contributed by atoms with Crippen LogP contribution in [0.2, 0.25) is 0 Å². The molecule has 0 aromatic heterocycles. The molecule has 1 N–H and O–H groups in total. The second-order valence-corrected chi connectivity index (χ2v) is 5.69. The van der Waals surface area contributed by atoms with Crippen LogP contribution in [0.15, 0.2) is 24.3 Å². The van der Waals surface area contributed by atoms with Gasteiger partial charge >= 0.3 is 0 Å². The number of amides is 1. The van der Waals surface area contributed by atoms with E-state index in [2.05, 4.69) is 5.32 Å². The Kier molecular flexibility index (Phi) is 4.42. The average Bonchev–Trinajstić information content (AvgIpc) is 2.40. The summed E-state index contributed by atoms with van der Waals surface area (Å²) in [6.45, 7) is 1.53. The van der Waals surface area contributed by atoms with E-state index in [9.17, 15) is 9.59 Å². The highest BCUT2D eigenvalue weighted by Gasteiger charge is 2.21. The first kappa shape index (κ1) is 13.1. The van der Waals surface area contributed by atoms with E-state index < -0.39 is 0 Å². The summed E-state index contributed by atoms with van der Waals surface area (Å²) in [7, 11) is 0. The molecule has 0 spiro atoms. The lowest BCUT2D eigenvalue weighted by atomic mass is 10.0. The Labute approximate surface area is 111 Å². The first-order valence-electron chi connectivity index (χ1n) is 6.16. The van der Waals surface area contributed by atoms with Crippen LogP contribution in [0.5, 0.6) is 0 Å². The number of carbonyl (C=O) groups is 2. The van der Waals surface area contributed by atoms with Crippen molar-refractivity contribution in [3.8, 4) is 0 Å². The summed E-state index contributed by atoms with van der Waals surface area (Å²) < 4.78 is 0. The maximum absolute atomic E-state index is 12.0. The number of rotatable bonds is 3. The van der Waals surface area contributed by atoms with Gasteiger partial charge in [-0.05, 0) is 37.7 Å². The summed E-state index contributed by atoms with van der Waals surface area (Å²) in [5.41, 5.74) is 1.34. The van der Waals surface area contributed by atoms with Crippen LogP contribution in [0.25, 0.3) is 0 Å². The van der Waals surface area contributed by atoms with Gasteiger partial charge in [-0.15, -0.1) is 0 Å². The maximum atomic E-state index is 12.0. The van der Waals surface area contributed by atoms with E-state index in [-0.39, 0.29) is 17.6 Å². The van der Waals surface area contributed by atoms with Crippen molar-refractivity contribution in [3.05, 3.63) is 29.8 Å². The van der Waals surface area contributed by atoms with Gasteiger partial charge in [0, 0.05) is 22.9 Å². The summed E-state index contributed by atoms with van der Waals surface area (Å²) in [5.74, 6) is 2.24. The molecule has 1 heterocycles. The van der Waals surface area contributed by atoms with Crippen molar-refractivity contribution in [2.75, 3.05) is 16.8 Å². The highest BCUT2D eigenvalue weighted by Crippen LogP contribution is 2.24. The smallest absolute Gasteiger partial charge is 0.228 e. The van der Waals surface area contributed by atoms with Gasteiger partial charge in [-0.3, -0.25) is 9.59 Å². The summed E-state index contributed by atoms with van der Waals surface area (Å²) >= 11 is 1.84. The molecule has 18 heavy (non-hydrogen) atoms. The third-order valence-corrected chi connectivity index (χ3v) is 4.28. The highest BCUT2D eigenvalue weighted by atomic mass is 32.2. The van der Waals surface area contributed by atoms with Gasteiger partial charge in [0.05, 0.1) is 0 Å². The first-order chi connectivity index (χ1) is 8.66. The molecule has 0 radical (unpaired) electrons. The van der Waals surface area contributed by atoms with Crippen LogP contribution >= 0.6 is 11.8 Å².